The first-order valence-electron chi connectivity index (χ1n) is 6.65. The minimum Gasteiger partial charge on any atom is -0.359 e. The summed E-state index contributed by atoms with van der Waals surface area (Å²) in [6, 6.07) is 0. The molecule has 0 amide bonds. The number of hydrogen-bond acceptors (Lipinski definition) is 2. The van der Waals surface area contributed by atoms with E-state index in [1.807, 2.05) is 11.8 Å². The van der Waals surface area contributed by atoms with E-state index < -0.39 is 0 Å². The van der Waals surface area contributed by atoms with Crippen molar-refractivity contribution in [3.05, 3.63) is 0 Å². The van der Waals surface area contributed by atoms with E-state index in [9.17, 15) is 0 Å². The third-order valence-corrected chi connectivity index (χ3v) is 5.06. The number of aliphatic imine (C=N–C) groups is 1. The Kier molecular flexibility index (Phi) is 5.67. The molecule has 94 valence electrons. The van der Waals surface area contributed by atoms with E-state index in [1.165, 1.54) is 36.6 Å². The molecule has 0 spiro atoms. The van der Waals surface area contributed by atoms with Crippen LogP contribution in [0.25, 0.3) is 0 Å². The van der Waals surface area contributed by atoms with Gasteiger partial charge in [0.25, 0.3) is 0 Å². The first-order valence-corrected chi connectivity index (χ1v) is 7.63. The summed E-state index contributed by atoms with van der Waals surface area (Å²) in [6.07, 6.45) is 4.87. The summed E-state index contributed by atoms with van der Waals surface area (Å²) >= 11 is 1.90. The van der Waals surface area contributed by atoms with Crippen molar-refractivity contribution in [1.82, 2.24) is 5.32 Å². The van der Waals surface area contributed by atoms with Crippen LogP contribution in [0, 0.1) is 5.92 Å². The molecule has 0 aromatic carbocycles. The predicted molar refractivity (Wildman–Crippen MR) is 75.3 cm³/mol. The van der Waals surface area contributed by atoms with Crippen molar-refractivity contribution in [3.8, 4) is 0 Å². The normalized spacial score (nSPS) is 21.7. The Bertz CT molecular complexity index is 230. The molecule has 1 N–H and O–H groups in total. The Labute approximate surface area is 105 Å². The van der Waals surface area contributed by atoms with Crippen LogP contribution in [0.1, 0.15) is 53.4 Å². The van der Waals surface area contributed by atoms with Crippen LogP contribution < -0.4 is 5.32 Å². The molecule has 0 aliphatic carbocycles. The molecule has 2 nitrogen and oxygen atoms in total. The van der Waals surface area contributed by atoms with Crippen LogP contribution in [0.15, 0.2) is 4.99 Å². The minimum atomic E-state index is 0.317. The highest BCUT2D eigenvalue weighted by atomic mass is 32.2. The minimum absolute atomic E-state index is 0.317. The van der Waals surface area contributed by atoms with Gasteiger partial charge in [-0.2, -0.15) is 0 Å². The first-order chi connectivity index (χ1) is 7.69. The number of hydrogen-bond donors (Lipinski definition) is 1. The molecular formula is C13H26N2S. The van der Waals surface area contributed by atoms with E-state index in [1.54, 1.807) is 0 Å². The SMILES string of the molecule is CCC(CC)CN=C1NC(CC)(CC)CS1. The Hall–Kier alpha value is -0.180. The maximum Gasteiger partial charge on any atom is 0.157 e. The molecular weight excluding hydrogens is 216 g/mol. The Morgan fingerprint density at radius 1 is 1.25 bits per heavy atom. The standard InChI is InChI=1S/C13H26N2S/c1-5-11(6-2)9-14-12-15-13(7-3,8-4)10-16-12/h11H,5-10H2,1-4H3,(H,14,15). The lowest BCUT2D eigenvalue weighted by Gasteiger charge is -2.25. The number of rotatable bonds is 6. The van der Waals surface area contributed by atoms with Gasteiger partial charge in [0, 0.05) is 17.8 Å². The third kappa shape index (κ3) is 3.41. The molecule has 1 aliphatic heterocycles. The van der Waals surface area contributed by atoms with E-state index >= 15 is 0 Å². The fourth-order valence-corrected chi connectivity index (χ4v) is 3.33. The zero-order valence-corrected chi connectivity index (χ0v) is 12.0. The summed E-state index contributed by atoms with van der Waals surface area (Å²) in [5, 5.41) is 4.80. The van der Waals surface area contributed by atoms with Crippen LogP contribution in [-0.2, 0) is 0 Å². The maximum atomic E-state index is 4.72. The van der Waals surface area contributed by atoms with Gasteiger partial charge in [-0.25, -0.2) is 0 Å². The molecule has 0 saturated carbocycles. The van der Waals surface area contributed by atoms with Crippen LogP contribution in [0.5, 0.6) is 0 Å². The molecule has 0 aromatic rings. The lowest BCUT2D eigenvalue weighted by atomic mass is 9.96. The van der Waals surface area contributed by atoms with E-state index in [0.29, 0.717) is 5.54 Å². The van der Waals surface area contributed by atoms with Crippen LogP contribution in [-0.4, -0.2) is 23.0 Å². The molecule has 1 rings (SSSR count). The van der Waals surface area contributed by atoms with Gasteiger partial charge in [-0.15, -0.1) is 0 Å². The molecule has 1 fully saturated rings. The molecule has 0 radical (unpaired) electrons. The fourth-order valence-electron chi connectivity index (χ4n) is 1.98. The van der Waals surface area contributed by atoms with Crippen molar-refractivity contribution in [3.63, 3.8) is 0 Å². The van der Waals surface area contributed by atoms with E-state index in [0.717, 1.165) is 12.5 Å². The highest BCUT2D eigenvalue weighted by molar-refractivity contribution is 8.14. The van der Waals surface area contributed by atoms with Gasteiger partial charge in [0.05, 0.1) is 0 Å². The molecule has 0 atom stereocenters. The van der Waals surface area contributed by atoms with Gasteiger partial charge in [-0.1, -0.05) is 52.3 Å². The Morgan fingerprint density at radius 2 is 1.88 bits per heavy atom. The van der Waals surface area contributed by atoms with E-state index in [4.69, 9.17) is 4.99 Å². The van der Waals surface area contributed by atoms with Gasteiger partial charge in [0.2, 0.25) is 0 Å². The van der Waals surface area contributed by atoms with Crippen LogP contribution in [0.4, 0.5) is 0 Å². The monoisotopic (exact) mass is 242 g/mol. The van der Waals surface area contributed by atoms with Crippen LogP contribution in [0.3, 0.4) is 0 Å². The predicted octanol–water partition coefficient (Wildman–Crippen LogP) is 3.67. The summed E-state index contributed by atoms with van der Waals surface area (Å²) in [5.74, 6) is 1.94. The van der Waals surface area contributed by atoms with Gasteiger partial charge in [-0.05, 0) is 18.8 Å². The third-order valence-electron chi connectivity index (χ3n) is 3.86. The van der Waals surface area contributed by atoms with Crippen molar-refractivity contribution < 1.29 is 0 Å². The van der Waals surface area contributed by atoms with E-state index in [2.05, 4.69) is 33.0 Å². The summed E-state index contributed by atoms with van der Waals surface area (Å²) < 4.78 is 0. The van der Waals surface area contributed by atoms with Gasteiger partial charge in [-0.3, -0.25) is 4.99 Å². The summed E-state index contributed by atoms with van der Waals surface area (Å²) in [4.78, 5) is 4.72. The van der Waals surface area contributed by atoms with Crippen molar-refractivity contribution >= 4 is 16.9 Å². The number of nitrogens with one attached hydrogen (secondary N) is 1. The molecule has 1 saturated heterocycles. The molecule has 0 bridgehead atoms. The largest absolute Gasteiger partial charge is 0.359 e. The van der Waals surface area contributed by atoms with Crippen molar-refractivity contribution in [1.29, 1.82) is 0 Å². The second-order valence-corrected chi connectivity index (χ2v) is 5.69. The van der Waals surface area contributed by atoms with Crippen molar-refractivity contribution in [2.45, 2.75) is 58.9 Å². The lowest BCUT2D eigenvalue weighted by Crippen LogP contribution is -2.42. The summed E-state index contributed by atoms with van der Waals surface area (Å²) in [7, 11) is 0. The quantitative estimate of drug-likeness (QED) is 0.768. The average Bonchev–Trinajstić information content (AvgIpc) is 2.75. The Morgan fingerprint density at radius 3 is 2.31 bits per heavy atom. The molecule has 1 heterocycles. The van der Waals surface area contributed by atoms with Gasteiger partial charge < -0.3 is 5.32 Å². The second kappa shape index (κ2) is 6.53. The Balaban J connectivity index is 2.48. The van der Waals surface area contributed by atoms with Gasteiger partial charge >= 0.3 is 0 Å². The van der Waals surface area contributed by atoms with Crippen molar-refractivity contribution in [2.75, 3.05) is 12.3 Å². The van der Waals surface area contributed by atoms with Gasteiger partial charge in [0.1, 0.15) is 0 Å². The molecule has 3 heteroatoms. The van der Waals surface area contributed by atoms with Crippen LogP contribution >= 0.6 is 11.8 Å². The number of amidine groups is 1. The lowest BCUT2D eigenvalue weighted by molar-refractivity contribution is 0.407. The molecule has 16 heavy (non-hydrogen) atoms. The molecule has 0 aromatic heterocycles. The zero-order valence-electron chi connectivity index (χ0n) is 11.2. The smallest absolute Gasteiger partial charge is 0.157 e. The topological polar surface area (TPSA) is 24.4 Å². The second-order valence-electron chi connectivity index (χ2n) is 4.73. The van der Waals surface area contributed by atoms with E-state index in [-0.39, 0.29) is 0 Å². The summed E-state index contributed by atoms with van der Waals surface area (Å²) in [5.41, 5.74) is 0.317. The highest BCUT2D eigenvalue weighted by Gasteiger charge is 2.33. The van der Waals surface area contributed by atoms with Crippen LogP contribution in [0.2, 0.25) is 0 Å². The fraction of sp³-hybridized carbons (Fsp3) is 0.923. The summed E-state index contributed by atoms with van der Waals surface area (Å²) in [6.45, 7) is 10.0. The maximum absolute atomic E-state index is 4.72. The molecule has 0 unspecified atom stereocenters. The highest BCUT2D eigenvalue weighted by Crippen LogP contribution is 2.29. The number of thioether (sulfide) groups is 1. The first kappa shape index (κ1) is 13.9. The zero-order chi connectivity index (χ0) is 12.0. The van der Waals surface area contributed by atoms with Gasteiger partial charge in [0.15, 0.2) is 5.17 Å². The molecule has 1 aliphatic rings. The van der Waals surface area contributed by atoms with Crippen molar-refractivity contribution in [2.24, 2.45) is 10.9 Å². The number of nitrogens with zero attached hydrogens (tertiary/aromatic N) is 1. The average molecular weight is 242 g/mol.